The van der Waals surface area contributed by atoms with Crippen LogP contribution in [0.2, 0.25) is 5.02 Å². The first-order chi connectivity index (χ1) is 16.0. The fraction of sp³-hybridized carbons (Fsp3) is 0.500. The molecule has 12 heteroatoms. The lowest BCUT2D eigenvalue weighted by Crippen LogP contribution is -2.40. The number of aliphatic hydroxyl groups is 1. The zero-order valence-electron chi connectivity index (χ0n) is 18.3. The number of hydrogen-bond acceptors (Lipinski definition) is 4. The predicted molar refractivity (Wildman–Crippen MR) is 118 cm³/mol. The van der Waals surface area contributed by atoms with Gasteiger partial charge in [0.15, 0.2) is 16.8 Å². The highest BCUT2D eigenvalue weighted by molar-refractivity contribution is 6.30. The van der Waals surface area contributed by atoms with Gasteiger partial charge in [-0.15, -0.1) is 0 Å². The molecular weight excluding hydrogens is 480 g/mol. The number of aryl methyl sites for hydroxylation is 1. The Kier molecular flexibility index (Phi) is 6.36. The number of halogens is 5. The van der Waals surface area contributed by atoms with Crippen LogP contribution in [-0.4, -0.2) is 36.3 Å². The number of imidazole rings is 1. The van der Waals surface area contributed by atoms with Gasteiger partial charge in [0.1, 0.15) is 11.6 Å². The van der Waals surface area contributed by atoms with E-state index in [1.54, 1.807) is 0 Å². The quantitative estimate of drug-likeness (QED) is 0.523. The Hall–Kier alpha value is -2.66. The number of aliphatic hydroxyl groups excluding tert-OH is 1. The first kappa shape index (κ1) is 24.5. The Labute approximate surface area is 196 Å². The third-order valence-electron chi connectivity index (χ3n) is 6.27. The van der Waals surface area contributed by atoms with Crippen molar-refractivity contribution in [2.24, 2.45) is 7.05 Å². The summed E-state index contributed by atoms with van der Waals surface area (Å²) < 4.78 is 60.6. The largest absolute Gasteiger partial charge is 0.396 e. The maximum absolute atomic E-state index is 16.1. The first-order valence-corrected chi connectivity index (χ1v) is 11.2. The summed E-state index contributed by atoms with van der Waals surface area (Å²) in [5.74, 6) is -3.90. The van der Waals surface area contributed by atoms with E-state index in [0.717, 1.165) is 15.2 Å². The number of alkyl halides is 3. The van der Waals surface area contributed by atoms with Gasteiger partial charge in [-0.3, -0.25) is 13.9 Å². The van der Waals surface area contributed by atoms with Crippen molar-refractivity contribution in [3.05, 3.63) is 61.3 Å². The van der Waals surface area contributed by atoms with Gasteiger partial charge in [-0.05, 0) is 37.0 Å². The molecule has 1 N–H and O–H groups in total. The maximum Gasteiger partial charge on any atom is 0.332 e. The highest BCUT2D eigenvalue weighted by atomic mass is 35.5. The molecule has 34 heavy (non-hydrogen) atoms. The summed E-state index contributed by atoms with van der Waals surface area (Å²) in [5, 5.41) is 8.97. The van der Waals surface area contributed by atoms with Crippen LogP contribution in [0.3, 0.4) is 0 Å². The van der Waals surface area contributed by atoms with E-state index in [1.807, 2.05) is 0 Å². The second-order valence-corrected chi connectivity index (χ2v) is 9.05. The molecule has 1 aliphatic carbocycles. The summed E-state index contributed by atoms with van der Waals surface area (Å²) in [6.45, 7) is -0.483. The molecule has 0 atom stereocenters. The number of fused-ring (bicyclic) bond motifs is 1. The molecule has 184 valence electrons. The van der Waals surface area contributed by atoms with Crippen LogP contribution in [0, 0.1) is 5.82 Å². The molecule has 0 radical (unpaired) electrons. The summed E-state index contributed by atoms with van der Waals surface area (Å²) in [7, 11) is 1.37. The zero-order valence-corrected chi connectivity index (χ0v) is 19.1. The van der Waals surface area contributed by atoms with E-state index in [2.05, 4.69) is 4.98 Å². The van der Waals surface area contributed by atoms with Crippen LogP contribution in [0.25, 0.3) is 11.2 Å². The fourth-order valence-electron chi connectivity index (χ4n) is 4.35. The molecule has 1 aliphatic rings. The Morgan fingerprint density at radius 1 is 1.12 bits per heavy atom. The summed E-state index contributed by atoms with van der Waals surface area (Å²) in [6, 6.07) is 3.85. The number of aromatic nitrogens is 4. The van der Waals surface area contributed by atoms with Gasteiger partial charge in [0.05, 0.1) is 5.02 Å². The van der Waals surface area contributed by atoms with Crippen LogP contribution in [0.15, 0.2) is 27.8 Å². The molecule has 1 saturated carbocycles. The molecule has 0 bridgehead atoms. The minimum Gasteiger partial charge on any atom is -0.396 e. The highest BCUT2D eigenvalue weighted by Gasteiger charge is 2.48. The molecule has 1 aromatic carbocycles. The topological polar surface area (TPSA) is 82.0 Å². The molecule has 0 unspecified atom stereocenters. The molecule has 0 aliphatic heterocycles. The van der Waals surface area contributed by atoms with Crippen LogP contribution in [0.5, 0.6) is 0 Å². The zero-order chi connectivity index (χ0) is 24.8. The molecule has 1 fully saturated rings. The normalized spacial score (nSPS) is 17.4. The van der Waals surface area contributed by atoms with Crippen LogP contribution in [0.4, 0.5) is 17.6 Å². The van der Waals surface area contributed by atoms with Crippen molar-refractivity contribution in [2.75, 3.05) is 6.61 Å². The molecule has 7 nitrogen and oxygen atoms in total. The minimum absolute atomic E-state index is 0.0756. The van der Waals surface area contributed by atoms with Crippen molar-refractivity contribution < 1.29 is 22.7 Å². The molecule has 3 aromatic rings. The van der Waals surface area contributed by atoms with Gasteiger partial charge in [0, 0.05) is 39.6 Å². The Morgan fingerprint density at radius 2 is 1.79 bits per heavy atom. The third-order valence-corrected chi connectivity index (χ3v) is 6.56. The summed E-state index contributed by atoms with van der Waals surface area (Å²) in [5.41, 5.74) is -3.47. The van der Waals surface area contributed by atoms with Gasteiger partial charge in [0.25, 0.3) is 5.56 Å². The van der Waals surface area contributed by atoms with E-state index in [-0.39, 0.29) is 48.1 Å². The fourth-order valence-corrected chi connectivity index (χ4v) is 4.55. The SMILES string of the molecule is Cn1c(=O)n(CCCO)c(=O)c2c1nc(C1(F)CCC(F)(F)CC1)n2Cc1ccc(F)c(Cl)c1. The van der Waals surface area contributed by atoms with Crippen LogP contribution in [-0.2, 0) is 25.8 Å². The molecular formula is C22H23ClF4N4O3. The van der Waals surface area contributed by atoms with Crippen LogP contribution < -0.4 is 11.2 Å². The van der Waals surface area contributed by atoms with Crippen molar-refractivity contribution in [3.8, 4) is 0 Å². The van der Waals surface area contributed by atoms with E-state index < -0.39 is 54.3 Å². The lowest BCUT2D eigenvalue weighted by Gasteiger charge is -2.33. The maximum atomic E-state index is 16.1. The monoisotopic (exact) mass is 502 g/mol. The van der Waals surface area contributed by atoms with E-state index >= 15 is 4.39 Å². The highest BCUT2D eigenvalue weighted by Crippen LogP contribution is 2.46. The van der Waals surface area contributed by atoms with E-state index in [4.69, 9.17) is 16.7 Å². The van der Waals surface area contributed by atoms with Gasteiger partial charge in [0.2, 0.25) is 5.92 Å². The Morgan fingerprint density at radius 3 is 2.41 bits per heavy atom. The summed E-state index contributed by atoms with van der Waals surface area (Å²) >= 11 is 5.89. The molecule has 2 aromatic heterocycles. The number of hydrogen-bond donors (Lipinski definition) is 1. The average molecular weight is 503 g/mol. The van der Waals surface area contributed by atoms with Crippen LogP contribution >= 0.6 is 11.6 Å². The minimum atomic E-state index is -3.00. The van der Waals surface area contributed by atoms with Crippen molar-refractivity contribution in [3.63, 3.8) is 0 Å². The number of nitrogens with zero attached hydrogens (tertiary/aromatic N) is 4. The van der Waals surface area contributed by atoms with E-state index in [9.17, 15) is 22.8 Å². The predicted octanol–water partition coefficient (Wildman–Crippen LogP) is 3.49. The molecule has 4 rings (SSSR count). The van der Waals surface area contributed by atoms with Gasteiger partial charge in [-0.25, -0.2) is 27.3 Å². The smallest absolute Gasteiger partial charge is 0.332 e. The summed E-state index contributed by atoms with van der Waals surface area (Å²) in [4.78, 5) is 30.3. The summed E-state index contributed by atoms with van der Waals surface area (Å²) in [6.07, 6.45) is -2.26. The van der Waals surface area contributed by atoms with E-state index in [0.29, 0.717) is 5.56 Å². The van der Waals surface area contributed by atoms with E-state index in [1.165, 1.54) is 23.7 Å². The van der Waals surface area contributed by atoms with Gasteiger partial charge < -0.3 is 9.67 Å². The molecule has 0 spiro atoms. The third kappa shape index (κ3) is 4.26. The lowest BCUT2D eigenvalue weighted by molar-refractivity contribution is -0.0803. The van der Waals surface area contributed by atoms with Crippen molar-refractivity contribution >= 4 is 22.8 Å². The number of benzene rings is 1. The molecule has 0 amide bonds. The van der Waals surface area contributed by atoms with Gasteiger partial charge in [-0.1, -0.05) is 17.7 Å². The van der Waals surface area contributed by atoms with Crippen LogP contribution in [0.1, 0.15) is 43.5 Å². The molecule has 2 heterocycles. The second kappa shape index (κ2) is 8.84. The Bertz CT molecular complexity index is 1350. The van der Waals surface area contributed by atoms with Crippen molar-refractivity contribution in [2.45, 2.75) is 56.8 Å². The van der Waals surface area contributed by atoms with Crippen molar-refractivity contribution in [1.82, 2.24) is 18.7 Å². The molecule has 0 saturated heterocycles. The standard InChI is InChI=1S/C22H23ClF4N4O3/c1-29-17-16(18(33)30(20(29)34)9-2-10-32)31(12-13-3-4-15(24)14(23)11-13)19(28-17)21(25)5-7-22(26,27)8-6-21/h3-4,11,32H,2,5-10,12H2,1H3. The average Bonchev–Trinajstić information content (AvgIpc) is 3.17. The first-order valence-electron chi connectivity index (χ1n) is 10.8. The van der Waals surface area contributed by atoms with Gasteiger partial charge >= 0.3 is 5.69 Å². The lowest BCUT2D eigenvalue weighted by atomic mass is 9.83. The van der Waals surface area contributed by atoms with Gasteiger partial charge in [-0.2, -0.15) is 0 Å². The Balaban J connectivity index is 1.97. The second-order valence-electron chi connectivity index (χ2n) is 8.64. The van der Waals surface area contributed by atoms with Crippen molar-refractivity contribution in [1.29, 1.82) is 0 Å². The number of rotatable bonds is 6.